The third-order valence-electron chi connectivity index (χ3n) is 3.29. The largest absolute Gasteiger partial charge is 0.351 e. The van der Waals surface area contributed by atoms with Gasteiger partial charge in [-0.1, -0.05) is 31.4 Å². The number of primary amides is 1. The summed E-state index contributed by atoms with van der Waals surface area (Å²) in [6.07, 6.45) is 5.78. The maximum absolute atomic E-state index is 11.7. The Labute approximate surface area is 116 Å². The normalized spacial score (nSPS) is 16.8. The highest BCUT2D eigenvalue weighted by molar-refractivity contribution is 14.1. The number of hydrogen-bond acceptors (Lipinski definition) is 1. The molecule has 17 heavy (non-hydrogen) atoms. The van der Waals surface area contributed by atoms with Crippen LogP contribution in [0.2, 0.25) is 0 Å². The highest BCUT2D eigenvalue weighted by Crippen LogP contribution is 2.30. The SMILES string of the molecule is NC(=O)N(c1ccccc1I)C1CCCCC1. The first kappa shape index (κ1) is 12.7. The maximum Gasteiger partial charge on any atom is 0.319 e. The van der Waals surface area contributed by atoms with E-state index in [1.54, 1.807) is 4.90 Å². The molecule has 1 aliphatic rings. The molecule has 1 aromatic carbocycles. The molecule has 0 aliphatic heterocycles. The van der Waals surface area contributed by atoms with Gasteiger partial charge in [0, 0.05) is 9.61 Å². The van der Waals surface area contributed by atoms with E-state index in [0.717, 1.165) is 22.1 Å². The van der Waals surface area contributed by atoms with Gasteiger partial charge in [-0.2, -0.15) is 0 Å². The molecule has 2 N–H and O–H groups in total. The number of halogens is 1. The fraction of sp³-hybridized carbons (Fsp3) is 0.462. The second-order valence-electron chi connectivity index (χ2n) is 4.45. The summed E-state index contributed by atoms with van der Waals surface area (Å²) in [4.78, 5) is 13.5. The maximum atomic E-state index is 11.7. The Bertz CT molecular complexity index is 402. The zero-order valence-corrected chi connectivity index (χ0v) is 11.9. The fourth-order valence-electron chi connectivity index (χ4n) is 2.48. The third-order valence-corrected chi connectivity index (χ3v) is 4.20. The van der Waals surface area contributed by atoms with Crippen molar-refractivity contribution in [1.82, 2.24) is 0 Å². The van der Waals surface area contributed by atoms with E-state index in [1.807, 2.05) is 24.3 Å². The molecule has 0 unspecified atom stereocenters. The van der Waals surface area contributed by atoms with Crippen molar-refractivity contribution in [3.63, 3.8) is 0 Å². The summed E-state index contributed by atoms with van der Waals surface area (Å²) in [6, 6.07) is 7.86. The molecule has 2 rings (SSSR count). The van der Waals surface area contributed by atoms with Crippen LogP contribution in [0.15, 0.2) is 24.3 Å². The van der Waals surface area contributed by atoms with E-state index in [-0.39, 0.29) is 12.1 Å². The second kappa shape index (κ2) is 5.71. The standard InChI is InChI=1S/C13H17IN2O/c14-11-8-4-5-9-12(11)16(13(15)17)10-6-2-1-3-7-10/h4-5,8-10H,1-3,6-7H2,(H2,15,17). The van der Waals surface area contributed by atoms with Gasteiger partial charge in [0.25, 0.3) is 0 Å². The van der Waals surface area contributed by atoms with Gasteiger partial charge in [0.15, 0.2) is 0 Å². The molecular formula is C13H17IN2O. The first-order valence-electron chi connectivity index (χ1n) is 6.03. The molecule has 1 aromatic rings. The smallest absolute Gasteiger partial charge is 0.319 e. The Kier molecular flexibility index (Phi) is 4.25. The minimum absolute atomic E-state index is 0.275. The molecule has 0 radical (unpaired) electrons. The Morgan fingerprint density at radius 2 is 1.88 bits per heavy atom. The van der Waals surface area contributed by atoms with Crippen molar-refractivity contribution < 1.29 is 4.79 Å². The monoisotopic (exact) mass is 344 g/mol. The molecule has 4 heteroatoms. The fourth-order valence-corrected chi connectivity index (χ4v) is 3.13. The number of nitrogens with zero attached hydrogens (tertiary/aromatic N) is 1. The van der Waals surface area contributed by atoms with Gasteiger partial charge in [-0.15, -0.1) is 0 Å². The van der Waals surface area contributed by atoms with E-state index in [0.29, 0.717) is 0 Å². The average molecular weight is 344 g/mol. The van der Waals surface area contributed by atoms with Gasteiger partial charge >= 0.3 is 6.03 Å². The lowest BCUT2D eigenvalue weighted by molar-refractivity contribution is 0.249. The van der Waals surface area contributed by atoms with E-state index in [2.05, 4.69) is 22.6 Å². The molecule has 92 valence electrons. The van der Waals surface area contributed by atoms with Gasteiger partial charge < -0.3 is 5.73 Å². The molecule has 2 amide bonds. The predicted octanol–water partition coefficient (Wildman–Crippen LogP) is 3.51. The Hall–Kier alpha value is -0.780. The number of rotatable bonds is 2. The molecule has 0 heterocycles. The summed E-state index contributed by atoms with van der Waals surface area (Å²) in [5, 5.41) is 0. The first-order chi connectivity index (χ1) is 8.20. The molecule has 0 saturated heterocycles. The third kappa shape index (κ3) is 2.91. The zero-order valence-electron chi connectivity index (χ0n) is 9.73. The predicted molar refractivity (Wildman–Crippen MR) is 78.1 cm³/mol. The topological polar surface area (TPSA) is 46.3 Å². The van der Waals surface area contributed by atoms with Crippen molar-refractivity contribution in [1.29, 1.82) is 0 Å². The van der Waals surface area contributed by atoms with Crippen molar-refractivity contribution in [2.75, 3.05) is 4.90 Å². The Morgan fingerprint density at radius 1 is 1.24 bits per heavy atom. The van der Waals surface area contributed by atoms with Gasteiger partial charge in [-0.25, -0.2) is 4.79 Å². The second-order valence-corrected chi connectivity index (χ2v) is 5.61. The highest BCUT2D eigenvalue weighted by Gasteiger charge is 2.26. The highest BCUT2D eigenvalue weighted by atomic mass is 127. The summed E-state index contributed by atoms with van der Waals surface area (Å²) in [6.45, 7) is 0. The number of hydrogen-bond donors (Lipinski definition) is 1. The number of urea groups is 1. The van der Waals surface area contributed by atoms with E-state index >= 15 is 0 Å². The lowest BCUT2D eigenvalue weighted by Crippen LogP contribution is -2.45. The summed E-state index contributed by atoms with van der Waals surface area (Å²) < 4.78 is 1.08. The minimum atomic E-state index is -0.332. The molecule has 1 fully saturated rings. The molecule has 0 atom stereocenters. The van der Waals surface area contributed by atoms with Crippen LogP contribution in [0.3, 0.4) is 0 Å². The molecule has 1 saturated carbocycles. The van der Waals surface area contributed by atoms with E-state index < -0.39 is 0 Å². The van der Waals surface area contributed by atoms with E-state index in [9.17, 15) is 4.79 Å². The van der Waals surface area contributed by atoms with Crippen LogP contribution in [0.5, 0.6) is 0 Å². The summed E-state index contributed by atoms with van der Waals surface area (Å²) in [5.74, 6) is 0. The van der Waals surface area contributed by atoms with Gasteiger partial charge in [-0.3, -0.25) is 4.90 Å². The Morgan fingerprint density at radius 3 is 2.47 bits per heavy atom. The average Bonchev–Trinajstić information content (AvgIpc) is 2.33. The molecular weight excluding hydrogens is 327 g/mol. The Balaban J connectivity index is 2.28. The van der Waals surface area contributed by atoms with Crippen molar-refractivity contribution in [3.8, 4) is 0 Å². The number of anilines is 1. The number of amides is 2. The number of carbonyl (C=O) groups is 1. The number of para-hydroxylation sites is 1. The van der Waals surface area contributed by atoms with Gasteiger partial charge in [0.2, 0.25) is 0 Å². The van der Waals surface area contributed by atoms with Crippen molar-refractivity contribution in [2.45, 2.75) is 38.1 Å². The molecule has 1 aliphatic carbocycles. The lowest BCUT2D eigenvalue weighted by atomic mass is 9.94. The quantitative estimate of drug-likeness (QED) is 0.820. The van der Waals surface area contributed by atoms with Crippen LogP contribution in [0.4, 0.5) is 10.5 Å². The van der Waals surface area contributed by atoms with Crippen LogP contribution < -0.4 is 10.6 Å². The molecule has 0 aromatic heterocycles. The van der Waals surface area contributed by atoms with Gasteiger partial charge in [0.05, 0.1) is 5.69 Å². The van der Waals surface area contributed by atoms with Crippen LogP contribution in [-0.4, -0.2) is 12.1 Å². The van der Waals surface area contributed by atoms with Gasteiger partial charge in [0.1, 0.15) is 0 Å². The van der Waals surface area contributed by atoms with Crippen molar-refractivity contribution in [2.24, 2.45) is 5.73 Å². The van der Waals surface area contributed by atoms with Crippen LogP contribution in [0, 0.1) is 3.57 Å². The van der Waals surface area contributed by atoms with Crippen LogP contribution in [0.1, 0.15) is 32.1 Å². The van der Waals surface area contributed by atoms with E-state index in [4.69, 9.17) is 5.73 Å². The zero-order chi connectivity index (χ0) is 12.3. The molecule has 0 bridgehead atoms. The minimum Gasteiger partial charge on any atom is -0.351 e. The number of nitrogens with two attached hydrogens (primary N) is 1. The summed E-state index contributed by atoms with van der Waals surface area (Å²) >= 11 is 2.26. The molecule has 3 nitrogen and oxygen atoms in total. The van der Waals surface area contributed by atoms with Crippen LogP contribution in [0.25, 0.3) is 0 Å². The van der Waals surface area contributed by atoms with Crippen LogP contribution in [-0.2, 0) is 0 Å². The van der Waals surface area contributed by atoms with Crippen molar-refractivity contribution >= 4 is 34.3 Å². The summed E-state index contributed by atoms with van der Waals surface area (Å²) in [7, 11) is 0. The number of benzene rings is 1. The van der Waals surface area contributed by atoms with E-state index in [1.165, 1.54) is 19.3 Å². The van der Waals surface area contributed by atoms with Crippen molar-refractivity contribution in [3.05, 3.63) is 27.8 Å². The first-order valence-corrected chi connectivity index (χ1v) is 7.11. The molecule has 0 spiro atoms. The number of carbonyl (C=O) groups excluding carboxylic acids is 1. The lowest BCUT2D eigenvalue weighted by Gasteiger charge is -2.33. The summed E-state index contributed by atoms with van der Waals surface area (Å²) in [5.41, 5.74) is 6.50. The van der Waals surface area contributed by atoms with Gasteiger partial charge in [-0.05, 0) is 47.6 Å². The van der Waals surface area contributed by atoms with Crippen LogP contribution >= 0.6 is 22.6 Å².